The van der Waals surface area contributed by atoms with Gasteiger partial charge in [0.15, 0.2) is 0 Å². The van der Waals surface area contributed by atoms with Gasteiger partial charge in [-0.2, -0.15) is 0 Å². The second kappa shape index (κ2) is 6.56. The van der Waals surface area contributed by atoms with Crippen LogP contribution in [0.15, 0.2) is 12.7 Å². The van der Waals surface area contributed by atoms with E-state index >= 15 is 0 Å². The van der Waals surface area contributed by atoms with E-state index in [4.69, 9.17) is 4.74 Å². The van der Waals surface area contributed by atoms with Crippen LogP contribution in [0.5, 0.6) is 0 Å². The number of ether oxygens (including phenoxy) is 1. The molecule has 0 aliphatic heterocycles. The average Bonchev–Trinajstić information content (AvgIpc) is 2.15. The predicted octanol–water partition coefficient (Wildman–Crippen LogP) is 1.16. The minimum atomic E-state index is -1.55. The molecular weight excluding hydrogens is 182 g/mol. The first-order valence-electron chi connectivity index (χ1n) is 4.89. The third-order valence-corrected chi connectivity index (χ3v) is 1.64. The minimum Gasteiger partial charge on any atom is -0.349 e. The fourth-order valence-electron chi connectivity index (χ4n) is 1.02. The Morgan fingerprint density at radius 3 is 2.64 bits per heavy atom. The monoisotopic (exact) mass is 201 g/mol. The zero-order chi connectivity index (χ0) is 11.0. The maximum atomic E-state index is 11.0. The van der Waals surface area contributed by atoms with Crippen molar-refractivity contribution in [2.75, 3.05) is 6.61 Å². The molecule has 82 valence electrons. The van der Waals surface area contributed by atoms with Gasteiger partial charge in [0.1, 0.15) is 0 Å². The van der Waals surface area contributed by atoms with Gasteiger partial charge in [-0.25, -0.2) is 0 Å². The molecule has 14 heavy (non-hydrogen) atoms. The van der Waals surface area contributed by atoms with E-state index in [1.807, 2.05) is 13.8 Å². The van der Waals surface area contributed by atoms with E-state index in [2.05, 4.69) is 11.9 Å². The van der Waals surface area contributed by atoms with Crippen LogP contribution in [0, 0.1) is 0 Å². The minimum absolute atomic E-state index is 0.368. The van der Waals surface area contributed by atoms with Crippen molar-refractivity contribution >= 4 is 5.91 Å². The lowest BCUT2D eigenvalue weighted by molar-refractivity contribution is -0.226. The topological polar surface area (TPSA) is 58.6 Å². The van der Waals surface area contributed by atoms with Crippen molar-refractivity contribution < 1.29 is 14.6 Å². The highest BCUT2D eigenvalue weighted by Crippen LogP contribution is 2.11. The van der Waals surface area contributed by atoms with Crippen molar-refractivity contribution in [2.45, 2.75) is 39.0 Å². The molecule has 0 aromatic heterocycles. The van der Waals surface area contributed by atoms with Crippen LogP contribution in [0.4, 0.5) is 0 Å². The predicted molar refractivity (Wildman–Crippen MR) is 54.4 cm³/mol. The van der Waals surface area contributed by atoms with Crippen LogP contribution >= 0.6 is 0 Å². The second-order valence-corrected chi connectivity index (χ2v) is 3.08. The van der Waals surface area contributed by atoms with Crippen molar-refractivity contribution in [3.05, 3.63) is 12.7 Å². The molecule has 0 aromatic carbocycles. The van der Waals surface area contributed by atoms with E-state index in [0.29, 0.717) is 13.0 Å². The van der Waals surface area contributed by atoms with E-state index in [0.717, 1.165) is 18.9 Å². The summed E-state index contributed by atoms with van der Waals surface area (Å²) in [5, 5.41) is 12.2. The Labute approximate surface area is 85.0 Å². The molecule has 0 bridgehead atoms. The number of aliphatic hydroxyl groups is 1. The summed E-state index contributed by atoms with van der Waals surface area (Å²) < 4.78 is 5.17. The van der Waals surface area contributed by atoms with Gasteiger partial charge in [0, 0.05) is 6.42 Å². The normalized spacial score (nSPS) is 14.5. The molecule has 0 spiro atoms. The first kappa shape index (κ1) is 13.1. The summed E-state index contributed by atoms with van der Waals surface area (Å²) in [5.74, 6) is -1.98. The van der Waals surface area contributed by atoms with Crippen LogP contribution < -0.4 is 5.32 Å². The summed E-state index contributed by atoms with van der Waals surface area (Å²) in [6.07, 6.45) is 2.98. The van der Waals surface area contributed by atoms with Crippen molar-refractivity contribution in [1.29, 1.82) is 0 Å². The van der Waals surface area contributed by atoms with E-state index in [1.165, 1.54) is 0 Å². The van der Waals surface area contributed by atoms with Gasteiger partial charge in [-0.1, -0.05) is 20.4 Å². The summed E-state index contributed by atoms with van der Waals surface area (Å²) in [4.78, 5) is 11.0. The van der Waals surface area contributed by atoms with Gasteiger partial charge < -0.3 is 15.2 Å². The van der Waals surface area contributed by atoms with Gasteiger partial charge in [-0.15, -0.1) is 0 Å². The number of carbonyl (C=O) groups is 1. The molecule has 4 heteroatoms. The number of amides is 1. The molecule has 2 N–H and O–H groups in total. The van der Waals surface area contributed by atoms with Gasteiger partial charge in [0.05, 0.1) is 6.61 Å². The lowest BCUT2D eigenvalue weighted by Gasteiger charge is -2.28. The molecule has 1 unspecified atom stereocenters. The van der Waals surface area contributed by atoms with Gasteiger partial charge in [0.2, 0.25) is 11.8 Å². The molecule has 1 amide bonds. The van der Waals surface area contributed by atoms with Gasteiger partial charge in [-0.05, 0) is 18.9 Å². The maximum absolute atomic E-state index is 11.0. The molecule has 0 radical (unpaired) electrons. The van der Waals surface area contributed by atoms with E-state index in [-0.39, 0.29) is 0 Å². The Hall–Kier alpha value is -0.870. The average molecular weight is 201 g/mol. The molecule has 0 saturated heterocycles. The fourth-order valence-corrected chi connectivity index (χ4v) is 1.02. The summed E-state index contributed by atoms with van der Waals surface area (Å²) >= 11 is 0. The van der Waals surface area contributed by atoms with Gasteiger partial charge >= 0.3 is 0 Å². The number of hydrogen-bond donors (Lipinski definition) is 2. The molecule has 0 aliphatic carbocycles. The Kier molecular flexibility index (Phi) is 6.16. The van der Waals surface area contributed by atoms with Crippen LogP contribution in [-0.2, 0) is 9.53 Å². The number of carbonyl (C=O) groups excluding carboxylic acids is 1. The molecule has 0 rings (SSSR count). The molecule has 0 saturated carbocycles. The van der Waals surface area contributed by atoms with E-state index in [1.54, 1.807) is 0 Å². The molecule has 1 atom stereocenters. The smallest absolute Gasteiger partial charge is 0.249 e. The molecule has 0 aliphatic rings. The third kappa shape index (κ3) is 4.99. The first-order chi connectivity index (χ1) is 6.58. The van der Waals surface area contributed by atoms with Crippen LogP contribution in [0.3, 0.4) is 0 Å². The number of nitrogens with one attached hydrogen (secondary N) is 1. The number of rotatable bonds is 7. The lowest BCUT2D eigenvalue weighted by atomic mass is 10.2. The third-order valence-electron chi connectivity index (χ3n) is 1.64. The Balaban J connectivity index is 4.21. The second-order valence-electron chi connectivity index (χ2n) is 3.08. The summed E-state index contributed by atoms with van der Waals surface area (Å²) in [6.45, 7) is 7.55. The highest BCUT2D eigenvalue weighted by Gasteiger charge is 2.27. The highest BCUT2D eigenvalue weighted by atomic mass is 16.6. The summed E-state index contributed by atoms with van der Waals surface area (Å²) in [7, 11) is 0. The highest BCUT2D eigenvalue weighted by molar-refractivity contribution is 5.87. The van der Waals surface area contributed by atoms with E-state index in [9.17, 15) is 9.90 Å². The quantitative estimate of drug-likeness (QED) is 0.480. The van der Waals surface area contributed by atoms with Crippen LogP contribution in [0.1, 0.15) is 33.1 Å². The number of hydrogen-bond acceptors (Lipinski definition) is 3. The van der Waals surface area contributed by atoms with Crippen LogP contribution in [0.2, 0.25) is 0 Å². The zero-order valence-corrected chi connectivity index (χ0v) is 8.88. The molecule has 0 aromatic rings. The van der Waals surface area contributed by atoms with Crippen LogP contribution in [0.25, 0.3) is 0 Å². The zero-order valence-electron chi connectivity index (χ0n) is 8.88. The molecule has 4 nitrogen and oxygen atoms in total. The van der Waals surface area contributed by atoms with Gasteiger partial charge in [0.25, 0.3) is 0 Å². The van der Waals surface area contributed by atoms with Gasteiger partial charge in [-0.3, -0.25) is 4.79 Å². The maximum Gasteiger partial charge on any atom is 0.249 e. The standard InChI is InChI=1S/C10H19NO3/c1-4-7-10(13,14-8-5-2)11-9(12)6-3/h6,13H,3-5,7-8H2,1-2H3,(H,11,12). The Bertz CT molecular complexity index is 194. The SMILES string of the molecule is C=CC(=O)NC(O)(CCC)OCCC. The first-order valence-corrected chi connectivity index (χ1v) is 4.89. The molecular formula is C10H19NO3. The summed E-state index contributed by atoms with van der Waals surface area (Å²) in [6, 6.07) is 0. The fraction of sp³-hybridized carbons (Fsp3) is 0.700. The van der Waals surface area contributed by atoms with Crippen molar-refractivity contribution in [3.8, 4) is 0 Å². The Morgan fingerprint density at radius 1 is 1.57 bits per heavy atom. The van der Waals surface area contributed by atoms with Crippen molar-refractivity contribution in [1.82, 2.24) is 5.32 Å². The molecule has 0 fully saturated rings. The van der Waals surface area contributed by atoms with Crippen molar-refractivity contribution in [3.63, 3.8) is 0 Å². The summed E-state index contributed by atoms with van der Waals surface area (Å²) in [5.41, 5.74) is 0. The van der Waals surface area contributed by atoms with Crippen LogP contribution in [-0.4, -0.2) is 23.5 Å². The van der Waals surface area contributed by atoms with E-state index < -0.39 is 11.8 Å². The van der Waals surface area contributed by atoms with Crippen molar-refractivity contribution in [2.24, 2.45) is 0 Å². The lowest BCUT2D eigenvalue weighted by Crippen LogP contribution is -2.50. The largest absolute Gasteiger partial charge is 0.349 e. The molecule has 0 heterocycles. The Morgan fingerprint density at radius 2 is 2.21 bits per heavy atom.